The summed E-state index contributed by atoms with van der Waals surface area (Å²) in [5.74, 6) is -0.625. The van der Waals surface area contributed by atoms with Crippen molar-refractivity contribution >= 4 is 29.0 Å². The van der Waals surface area contributed by atoms with Crippen molar-refractivity contribution in [3.05, 3.63) is 52.2 Å². The average molecular weight is 378 g/mol. The number of non-ortho nitro benzene ring substituents is 1. The number of carbonyl (C=O) groups excluding carboxylic acids is 1. The topological polar surface area (TPSA) is 124 Å². The van der Waals surface area contributed by atoms with Gasteiger partial charge in [-0.1, -0.05) is 11.8 Å². The van der Waals surface area contributed by atoms with E-state index < -0.39 is 16.6 Å². The Morgan fingerprint density at radius 1 is 1.38 bits per heavy atom. The van der Waals surface area contributed by atoms with Gasteiger partial charge in [0.1, 0.15) is 11.6 Å². The Bertz CT molecular complexity index is 971. The van der Waals surface area contributed by atoms with Crippen molar-refractivity contribution in [2.75, 3.05) is 11.1 Å². The molecular weight excluding hydrogens is 367 g/mol. The smallest absolute Gasteiger partial charge is 0.277 e. The fourth-order valence-electron chi connectivity index (χ4n) is 2.02. The molecule has 0 fully saturated rings. The molecule has 0 saturated carbocycles. The maximum Gasteiger partial charge on any atom is 0.277 e. The summed E-state index contributed by atoms with van der Waals surface area (Å²) in [5.41, 5.74) is 0.0453. The van der Waals surface area contributed by atoms with E-state index >= 15 is 0 Å². The predicted molar refractivity (Wildman–Crippen MR) is 89.1 cm³/mol. The maximum absolute atomic E-state index is 13.7. The first-order valence-electron chi connectivity index (χ1n) is 7.18. The molecule has 9 nitrogen and oxygen atoms in total. The number of anilines is 1. The van der Waals surface area contributed by atoms with E-state index in [9.17, 15) is 19.3 Å². The molecule has 1 N–H and O–H groups in total. The number of aromatic nitrogens is 2. The fourth-order valence-corrected chi connectivity index (χ4v) is 2.58. The molecule has 26 heavy (non-hydrogen) atoms. The van der Waals surface area contributed by atoms with Crippen molar-refractivity contribution in [2.45, 2.75) is 12.1 Å². The van der Waals surface area contributed by atoms with Crippen molar-refractivity contribution in [1.82, 2.24) is 10.2 Å². The quantitative estimate of drug-likeness (QED) is 0.393. The molecule has 2 aromatic heterocycles. The summed E-state index contributed by atoms with van der Waals surface area (Å²) in [7, 11) is 0. The van der Waals surface area contributed by atoms with Gasteiger partial charge in [0.25, 0.3) is 16.8 Å². The maximum atomic E-state index is 13.7. The molecule has 11 heteroatoms. The zero-order chi connectivity index (χ0) is 18.7. The Hall–Kier alpha value is -3.21. The molecule has 0 atom stereocenters. The SMILES string of the molecule is Cc1occc1-c1nnc(SCC(=O)Nc2cc([N+](=O)[O-])ccc2F)o1. The van der Waals surface area contributed by atoms with Crippen LogP contribution < -0.4 is 5.32 Å². The molecule has 1 amide bonds. The first-order chi connectivity index (χ1) is 12.4. The number of hydrogen-bond donors (Lipinski definition) is 1. The van der Waals surface area contributed by atoms with Crippen LogP contribution in [0.2, 0.25) is 0 Å². The normalized spacial score (nSPS) is 10.7. The minimum Gasteiger partial charge on any atom is -0.469 e. The number of nitro groups is 1. The van der Waals surface area contributed by atoms with Gasteiger partial charge in [0.15, 0.2) is 0 Å². The summed E-state index contributed by atoms with van der Waals surface area (Å²) in [6.45, 7) is 1.74. The highest BCUT2D eigenvalue weighted by Crippen LogP contribution is 2.26. The minimum atomic E-state index is -0.774. The number of rotatable bonds is 6. The zero-order valence-electron chi connectivity index (χ0n) is 13.3. The average Bonchev–Trinajstić information content (AvgIpc) is 3.23. The Balaban J connectivity index is 1.61. The lowest BCUT2D eigenvalue weighted by Crippen LogP contribution is -2.15. The summed E-state index contributed by atoms with van der Waals surface area (Å²) < 4.78 is 24.2. The van der Waals surface area contributed by atoms with Crippen molar-refractivity contribution in [3.63, 3.8) is 0 Å². The number of halogens is 1. The monoisotopic (exact) mass is 378 g/mol. The van der Waals surface area contributed by atoms with E-state index in [0.717, 1.165) is 30.0 Å². The van der Waals surface area contributed by atoms with Gasteiger partial charge in [0.2, 0.25) is 5.91 Å². The molecular formula is C15H11FN4O5S. The molecule has 3 aromatic rings. The van der Waals surface area contributed by atoms with Crippen LogP contribution in [-0.4, -0.2) is 26.8 Å². The van der Waals surface area contributed by atoms with Gasteiger partial charge >= 0.3 is 0 Å². The molecule has 0 saturated heterocycles. The highest BCUT2D eigenvalue weighted by atomic mass is 32.2. The Morgan fingerprint density at radius 2 is 2.19 bits per heavy atom. The van der Waals surface area contributed by atoms with Crippen LogP contribution in [-0.2, 0) is 4.79 Å². The van der Waals surface area contributed by atoms with Crippen LogP contribution in [0.3, 0.4) is 0 Å². The second-order valence-electron chi connectivity index (χ2n) is 5.02. The second-order valence-corrected chi connectivity index (χ2v) is 5.95. The Morgan fingerprint density at radius 3 is 2.88 bits per heavy atom. The van der Waals surface area contributed by atoms with Crippen molar-refractivity contribution in [3.8, 4) is 11.5 Å². The van der Waals surface area contributed by atoms with Gasteiger partial charge in [-0.05, 0) is 19.1 Å². The molecule has 2 heterocycles. The number of furan rings is 1. The first-order valence-corrected chi connectivity index (χ1v) is 8.17. The summed E-state index contributed by atoms with van der Waals surface area (Å²) in [5, 5.41) is 20.8. The van der Waals surface area contributed by atoms with Crippen molar-refractivity contribution in [1.29, 1.82) is 0 Å². The molecule has 0 aliphatic heterocycles. The molecule has 134 valence electrons. The minimum absolute atomic E-state index is 0.145. The van der Waals surface area contributed by atoms with Crippen LogP contribution in [0, 0.1) is 22.9 Å². The summed E-state index contributed by atoms with van der Waals surface area (Å²) in [6.07, 6.45) is 1.49. The third kappa shape index (κ3) is 3.88. The van der Waals surface area contributed by atoms with Gasteiger partial charge in [-0.25, -0.2) is 4.39 Å². The Labute approximate surface area is 149 Å². The largest absolute Gasteiger partial charge is 0.469 e. The second kappa shape index (κ2) is 7.35. The van der Waals surface area contributed by atoms with Gasteiger partial charge in [-0.2, -0.15) is 0 Å². The lowest BCUT2D eigenvalue weighted by molar-refractivity contribution is -0.384. The van der Waals surface area contributed by atoms with E-state index in [4.69, 9.17) is 8.83 Å². The van der Waals surface area contributed by atoms with Crippen LogP contribution >= 0.6 is 11.8 Å². The summed E-state index contributed by atoms with van der Waals surface area (Å²) in [6, 6.07) is 4.55. The first kappa shape index (κ1) is 17.6. The van der Waals surface area contributed by atoms with E-state index in [1.54, 1.807) is 13.0 Å². The van der Waals surface area contributed by atoms with E-state index in [1.807, 2.05) is 0 Å². The molecule has 3 rings (SSSR count). The van der Waals surface area contributed by atoms with Gasteiger partial charge in [-0.3, -0.25) is 14.9 Å². The molecule has 1 aromatic carbocycles. The highest BCUT2D eigenvalue weighted by molar-refractivity contribution is 7.99. The molecule has 0 bridgehead atoms. The highest BCUT2D eigenvalue weighted by Gasteiger charge is 2.16. The lowest BCUT2D eigenvalue weighted by Gasteiger charge is -2.05. The number of carbonyl (C=O) groups is 1. The number of thioether (sulfide) groups is 1. The third-order valence-corrected chi connectivity index (χ3v) is 4.08. The lowest BCUT2D eigenvalue weighted by atomic mass is 10.2. The van der Waals surface area contributed by atoms with Gasteiger partial charge in [0.05, 0.1) is 28.2 Å². The number of hydrogen-bond acceptors (Lipinski definition) is 8. The van der Waals surface area contributed by atoms with Crippen LogP contribution in [0.4, 0.5) is 15.8 Å². The van der Waals surface area contributed by atoms with Gasteiger partial charge in [0, 0.05) is 12.1 Å². The van der Waals surface area contributed by atoms with E-state index in [-0.39, 0.29) is 28.2 Å². The van der Waals surface area contributed by atoms with Crippen molar-refractivity contribution in [2.24, 2.45) is 0 Å². The van der Waals surface area contributed by atoms with Crippen molar-refractivity contribution < 1.29 is 22.9 Å². The molecule has 0 aliphatic rings. The van der Waals surface area contributed by atoms with Crippen LogP contribution in [0.1, 0.15) is 5.76 Å². The number of amides is 1. The van der Waals surface area contributed by atoms with E-state index in [2.05, 4.69) is 15.5 Å². The predicted octanol–water partition coefficient (Wildman–Crippen LogP) is 3.42. The molecule has 0 aliphatic carbocycles. The van der Waals surface area contributed by atoms with E-state index in [0.29, 0.717) is 11.3 Å². The summed E-state index contributed by atoms with van der Waals surface area (Å²) in [4.78, 5) is 22.0. The number of nitrogens with zero attached hydrogens (tertiary/aromatic N) is 3. The third-order valence-electron chi connectivity index (χ3n) is 3.26. The molecule has 0 spiro atoms. The van der Waals surface area contributed by atoms with E-state index in [1.165, 1.54) is 6.26 Å². The summed E-state index contributed by atoms with van der Waals surface area (Å²) >= 11 is 0.949. The standard InChI is InChI=1S/C15H11FN4O5S/c1-8-10(4-5-24-8)14-18-19-15(25-14)26-7-13(21)17-12-6-9(20(22)23)2-3-11(12)16/h2-6H,7H2,1H3,(H,17,21). The molecule has 0 unspecified atom stereocenters. The number of nitro benzene ring substituents is 1. The van der Waals surface area contributed by atoms with Crippen LogP contribution in [0.5, 0.6) is 0 Å². The molecule has 0 radical (unpaired) electrons. The zero-order valence-corrected chi connectivity index (χ0v) is 14.1. The number of nitrogens with one attached hydrogen (secondary N) is 1. The van der Waals surface area contributed by atoms with Gasteiger partial charge < -0.3 is 14.2 Å². The Kier molecular flexibility index (Phi) is 4.98. The fraction of sp³-hybridized carbons (Fsp3) is 0.133. The van der Waals surface area contributed by atoms with Gasteiger partial charge in [-0.15, -0.1) is 10.2 Å². The van der Waals surface area contributed by atoms with Crippen LogP contribution in [0.15, 0.2) is 44.6 Å². The number of benzene rings is 1. The van der Waals surface area contributed by atoms with Crippen LogP contribution in [0.25, 0.3) is 11.5 Å². The number of aryl methyl sites for hydroxylation is 1.